The number of nitrogens with one attached hydrogen (secondary N) is 1. The summed E-state index contributed by atoms with van der Waals surface area (Å²) in [5, 5.41) is 10.8. The lowest BCUT2D eigenvalue weighted by atomic mass is 10.1. The average Bonchev–Trinajstić information content (AvgIpc) is 2.81. The van der Waals surface area contributed by atoms with Gasteiger partial charge in [0.05, 0.1) is 17.2 Å². The molecule has 1 aliphatic heterocycles. The Hall–Kier alpha value is -2.54. The molecular weight excluding hydrogens is 442 g/mol. The molecule has 1 saturated heterocycles. The summed E-state index contributed by atoms with van der Waals surface area (Å²) in [6, 6.07) is 21.8. The second kappa shape index (κ2) is 10.9. The Morgan fingerprint density at radius 2 is 1.75 bits per heavy atom. The number of phenolic OH excluding ortho intramolecular Hbond substituents is 1. The van der Waals surface area contributed by atoms with Crippen LogP contribution in [-0.4, -0.2) is 42.8 Å². The van der Waals surface area contributed by atoms with Crippen LogP contribution in [-0.2, 0) is 6.54 Å². The fourth-order valence-corrected chi connectivity index (χ4v) is 4.78. The van der Waals surface area contributed by atoms with E-state index >= 15 is 0 Å². The van der Waals surface area contributed by atoms with Crippen LogP contribution in [0.1, 0.15) is 12.5 Å². The van der Waals surface area contributed by atoms with E-state index in [-0.39, 0.29) is 0 Å². The summed E-state index contributed by atoms with van der Waals surface area (Å²) in [6.45, 7) is 7.28. The summed E-state index contributed by atoms with van der Waals surface area (Å²) in [6.07, 6.45) is 0. The van der Waals surface area contributed by atoms with Crippen molar-refractivity contribution in [1.82, 2.24) is 4.90 Å². The second-order valence-electron chi connectivity index (χ2n) is 7.68. The van der Waals surface area contributed by atoms with E-state index < -0.39 is 0 Å². The van der Waals surface area contributed by atoms with Gasteiger partial charge in [0, 0.05) is 43.4 Å². The van der Waals surface area contributed by atoms with Crippen LogP contribution in [0.25, 0.3) is 0 Å². The molecule has 0 bridgehead atoms. The Labute approximate surface area is 199 Å². The number of anilines is 2. The lowest BCUT2D eigenvalue weighted by Gasteiger charge is -2.36. The predicted molar refractivity (Wildman–Crippen MR) is 134 cm³/mol. The highest BCUT2D eigenvalue weighted by atomic mass is 35.5. The van der Waals surface area contributed by atoms with Crippen molar-refractivity contribution < 1.29 is 9.84 Å². The van der Waals surface area contributed by atoms with Crippen LogP contribution >= 0.6 is 23.5 Å². The van der Waals surface area contributed by atoms with Crippen LogP contribution < -0.4 is 14.4 Å². The zero-order valence-electron chi connectivity index (χ0n) is 18.1. The largest absolute Gasteiger partial charge is 0.506 e. The van der Waals surface area contributed by atoms with Crippen molar-refractivity contribution in [3.8, 4) is 11.5 Å². The molecule has 0 amide bonds. The number of rotatable bonds is 8. The third-order valence-corrected chi connectivity index (χ3v) is 6.55. The molecule has 0 spiro atoms. The van der Waals surface area contributed by atoms with Gasteiger partial charge in [-0.05, 0) is 66.9 Å². The SMILES string of the molecule is CCOc1ccc(Cl)cc1SNc1ccc(CN2CCN(c3ccccc3O)CC2)cc1. The summed E-state index contributed by atoms with van der Waals surface area (Å²) in [7, 11) is 0. The molecule has 32 heavy (non-hydrogen) atoms. The van der Waals surface area contributed by atoms with Crippen LogP contribution in [0.15, 0.2) is 71.6 Å². The maximum Gasteiger partial charge on any atom is 0.138 e. The zero-order chi connectivity index (χ0) is 22.3. The normalized spacial score (nSPS) is 14.4. The number of benzene rings is 3. The van der Waals surface area contributed by atoms with Crippen LogP contribution in [0.5, 0.6) is 11.5 Å². The number of phenols is 1. The van der Waals surface area contributed by atoms with Crippen molar-refractivity contribution in [2.24, 2.45) is 0 Å². The summed E-state index contributed by atoms with van der Waals surface area (Å²) < 4.78 is 9.07. The Bertz CT molecular complexity index is 1020. The van der Waals surface area contributed by atoms with Crippen molar-refractivity contribution in [3.63, 3.8) is 0 Å². The quantitative estimate of drug-likeness (QED) is 0.401. The molecule has 0 radical (unpaired) electrons. The van der Waals surface area contributed by atoms with Crippen LogP contribution in [0, 0.1) is 0 Å². The first kappa shape index (κ1) is 22.6. The molecule has 168 valence electrons. The Morgan fingerprint density at radius 3 is 2.47 bits per heavy atom. The smallest absolute Gasteiger partial charge is 0.138 e. The number of nitrogens with zero attached hydrogens (tertiary/aromatic N) is 2. The monoisotopic (exact) mass is 469 g/mol. The Balaban J connectivity index is 1.29. The number of halogens is 1. The number of hydrogen-bond acceptors (Lipinski definition) is 6. The topological polar surface area (TPSA) is 48.0 Å². The number of hydrogen-bond donors (Lipinski definition) is 2. The molecule has 7 heteroatoms. The summed E-state index contributed by atoms with van der Waals surface area (Å²) in [5.74, 6) is 1.18. The van der Waals surface area contributed by atoms with Crippen molar-refractivity contribution in [1.29, 1.82) is 0 Å². The van der Waals surface area contributed by atoms with Crippen molar-refractivity contribution in [3.05, 3.63) is 77.3 Å². The fourth-order valence-electron chi connectivity index (χ4n) is 3.77. The molecule has 1 aliphatic rings. The van der Waals surface area contributed by atoms with E-state index in [1.54, 1.807) is 6.07 Å². The molecule has 5 nitrogen and oxygen atoms in total. The van der Waals surface area contributed by atoms with Gasteiger partial charge in [0.2, 0.25) is 0 Å². The minimum Gasteiger partial charge on any atom is -0.506 e. The molecule has 3 aromatic rings. The van der Waals surface area contributed by atoms with E-state index in [9.17, 15) is 5.11 Å². The molecule has 1 heterocycles. The molecule has 0 saturated carbocycles. The van der Waals surface area contributed by atoms with Crippen LogP contribution in [0.4, 0.5) is 11.4 Å². The molecule has 4 rings (SSSR count). The van der Waals surface area contributed by atoms with Crippen molar-refractivity contribution in [2.75, 3.05) is 42.4 Å². The van der Waals surface area contributed by atoms with Gasteiger partial charge in [-0.3, -0.25) is 4.90 Å². The summed E-state index contributed by atoms with van der Waals surface area (Å²) in [5.41, 5.74) is 3.24. The van der Waals surface area contributed by atoms with Gasteiger partial charge in [0.25, 0.3) is 0 Å². The van der Waals surface area contributed by atoms with E-state index in [2.05, 4.69) is 38.8 Å². The van der Waals surface area contributed by atoms with Gasteiger partial charge >= 0.3 is 0 Å². The van der Waals surface area contributed by atoms with Gasteiger partial charge in [-0.1, -0.05) is 35.9 Å². The van der Waals surface area contributed by atoms with E-state index in [0.29, 0.717) is 17.4 Å². The Kier molecular flexibility index (Phi) is 7.68. The third kappa shape index (κ3) is 5.82. The molecule has 2 N–H and O–H groups in total. The van der Waals surface area contributed by atoms with Crippen molar-refractivity contribution in [2.45, 2.75) is 18.4 Å². The first-order chi connectivity index (χ1) is 15.6. The van der Waals surface area contributed by atoms with Gasteiger partial charge in [-0.2, -0.15) is 0 Å². The zero-order valence-corrected chi connectivity index (χ0v) is 19.7. The maximum atomic E-state index is 10.1. The molecule has 0 aromatic heterocycles. The fraction of sp³-hybridized carbons (Fsp3) is 0.280. The highest BCUT2D eigenvalue weighted by Gasteiger charge is 2.19. The molecular formula is C25H28ClN3O2S. The highest BCUT2D eigenvalue weighted by molar-refractivity contribution is 8.00. The minimum atomic E-state index is 0.355. The lowest BCUT2D eigenvalue weighted by Crippen LogP contribution is -2.45. The van der Waals surface area contributed by atoms with E-state index in [4.69, 9.17) is 16.3 Å². The van der Waals surface area contributed by atoms with Gasteiger partial charge in [0.15, 0.2) is 0 Å². The standard InChI is InChI=1S/C25H28ClN3O2S/c1-2-31-24-12-9-20(26)17-25(24)32-27-21-10-7-19(8-11-21)18-28-13-15-29(16-14-28)22-5-3-4-6-23(22)30/h3-12,17,27,30H,2,13-16,18H2,1H3. The Morgan fingerprint density at radius 1 is 1.00 bits per heavy atom. The first-order valence-electron chi connectivity index (χ1n) is 10.8. The van der Waals surface area contributed by atoms with E-state index in [1.807, 2.05) is 43.3 Å². The molecule has 3 aromatic carbocycles. The van der Waals surface area contributed by atoms with Crippen LogP contribution in [0.3, 0.4) is 0 Å². The molecule has 0 atom stereocenters. The summed E-state index contributed by atoms with van der Waals surface area (Å²) in [4.78, 5) is 5.67. The van der Waals surface area contributed by atoms with Crippen molar-refractivity contribution >= 4 is 34.9 Å². The molecule has 1 fully saturated rings. The van der Waals surface area contributed by atoms with Gasteiger partial charge < -0.3 is 19.5 Å². The van der Waals surface area contributed by atoms with E-state index in [0.717, 1.165) is 54.7 Å². The van der Waals surface area contributed by atoms with Gasteiger partial charge in [0.1, 0.15) is 11.5 Å². The molecule has 0 unspecified atom stereocenters. The van der Waals surface area contributed by atoms with Gasteiger partial charge in [-0.25, -0.2) is 0 Å². The first-order valence-corrected chi connectivity index (χ1v) is 12.0. The number of aromatic hydroxyl groups is 1. The maximum absolute atomic E-state index is 10.1. The minimum absolute atomic E-state index is 0.355. The van der Waals surface area contributed by atoms with Crippen LogP contribution in [0.2, 0.25) is 5.02 Å². The third-order valence-electron chi connectivity index (χ3n) is 5.44. The number of para-hydroxylation sites is 2. The second-order valence-corrected chi connectivity index (χ2v) is 8.96. The number of piperazine rings is 1. The predicted octanol–water partition coefficient (Wildman–Crippen LogP) is 5.89. The summed E-state index contributed by atoms with van der Waals surface area (Å²) >= 11 is 7.65. The highest BCUT2D eigenvalue weighted by Crippen LogP contribution is 2.33. The molecule has 0 aliphatic carbocycles. The average molecular weight is 470 g/mol. The van der Waals surface area contributed by atoms with Gasteiger partial charge in [-0.15, -0.1) is 0 Å². The van der Waals surface area contributed by atoms with E-state index in [1.165, 1.54) is 17.5 Å². The number of ether oxygens (including phenoxy) is 1. The lowest BCUT2D eigenvalue weighted by molar-refractivity contribution is 0.249.